The molecule has 0 aliphatic carbocycles. The molecule has 2 nitrogen and oxygen atoms in total. The van der Waals surface area contributed by atoms with Crippen molar-refractivity contribution in [3.8, 4) is 11.1 Å². The Bertz CT molecular complexity index is 645. The molecule has 21 heavy (non-hydrogen) atoms. The standard InChI is InChI=1S/C14H10F5NO/c15-11-2-1-7(4-10(11)13(16)17)8-3-9(6-21)12(14(18)19)20-5-8/h1-5,13-14,21H,6H2. The van der Waals surface area contributed by atoms with E-state index >= 15 is 0 Å². The van der Waals surface area contributed by atoms with Crippen molar-refractivity contribution in [2.45, 2.75) is 19.5 Å². The summed E-state index contributed by atoms with van der Waals surface area (Å²) in [6.45, 7) is -0.663. The van der Waals surface area contributed by atoms with E-state index in [0.717, 1.165) is 18.3 Å². The molecule has 0 fully saturated rings. The SMILES string of the molecule is OCc1cc(-c2ccc(F)c(C(F)F)c2)cnc1C(F)F. The van der Waals surface area contributed by atoms with Gasteiger partial charge in [-0.2, -0.15) is 0 Å². The van der Waals surface area contributed by atoms with E-state index in [1.54, 1.807) is 0 Å². The van der Waals surface area contributed by atoms with Gasteiger partial charge in [0.1, 0.15) is 11.5 Å². The van der Waals surface area contributed by atoms with Gasteiger partial charge in [0.25, 0.3) is 12.9 Å². The van der Waals surface area contributed by atoms with Crippen molar-refractivity contribution >= 4 is 0 Å². The Labute approximate surface area is 116 Å². The maximum Gasteiger partial charge on any atom is 0.280 e. The lowest BCUT2D eigenvalue weighted by Crippen LogP contribution is -1.99. The lowest BCUT2D eigenvalue weighted by Gasteiger charge is -2.10. The van der Waals surface area contributed by atoms with E-state index in [1.807, 2.05) is 0 Å². The van der Waals surface area contributed by atoms with Crippen LogP contribution in [-0.4, -0.2) is 10.1 Å². The molecule has 0 radical (unpaired) electrons. The molecule has 0 aliphatic rings. The normalized spacial score (nSPS) is 11.4. The molecule has 7 heteroatoms. The van der Waals surface area contributed by atoms with Gasteiger partial charge in [0, 0.05) is 17.3 Å². The van der Waals surface area contributed by atoms with Crippen LogP contribution >= 0.6 is 0 Å². The molecular weight excluding hydrogens is 293 g/mol. The van der Waals surface area contributed by atoms with Crippen LogP contribution in [0.2, 0.25) is 0 Å². The molecule has 0 atom stereocenters. The van der Waals surface area contributed by atoms with Gasteiger partial charge in [-0.15, -0.1) is 0 Å². The first-order chi connectivity index (χ1) is 9.93. The topological polar surface area (TPSA) is 33.1 Å². The summed E-state index contributed by atoms with van der Waals surface area (Å²) in [5.74, 6) is -1.05. The number of aromatic nitrogens is 1. The Balaban J connectivity index is 2.50. The molecule has 0 bridgehead atoms. The highest BCUT2D eigenvalue weighted by atomic mass is 19.3. The second-order valence-electron chi connectivity index (χ2n) is 4.26. The van der Waals surface area contributed by atoms with Crippen LogP contribution < -0.4 is 0 Å². The number of benzene rings is 1. The van der Waals surface area contributed by atoms with E-state index in [1.165, 1.54) is 12.1 Å². The van der Waals surface area contributed by atoms with Crippen LogP contribution in [0.3, 0.4) is 0 Å². The van der Waals surface area contributed by atoms with Crippen LogP contribution in [0, 0.1) is 5.82 Å². The van der Waals surface area contributed by atoms with Crippen molar-refractivity contribution in [3.63, 3.8) is 0 Å². The molecule has 0 aliphatic heterocycles. The third-order valence-electron chi connectivity index (χ3n) is 2.94. The number of aliphatic hydroxyl groups is 1. The monoisotopic (exact) mass is 303 g/mol. The Morgan fingerprint density at radius 2 is 1.71 bits per heavy atom. The van der Waals surface area contributed by atoms with Crippen molar-refractivity contribution in [2.24, 2.45) is 0 Å². The van der Waals surface area contributed by atoms with Crippen LogP contribution in [0.25, 0.3) is 11.1 Å². The Morgan fingerprint density at radius 1 is 1.00 bits per heavy atom. The average Bonchev–Trinajstić information content (AvgIpc) is 2.46. The third-order valence-corrected chi connectivity index (χ3v) is 2.94. The molecule has 1 aromatic carbocycles. The van der Waals surface area contributed by atoms with Gasteiger partial charge in [-0.05, 0) is 23.8 Å². The van der Waals surface area contributed by atoms with Gasteiger partial charge in [-0.3, -0.25) is 4.98 Å². The molecule has 0 saturated heterocycles. The minimum atomic E-state index is -2.99. The van der Waals surface area contributed by atoms with E-state index in [4.69, 9.17) is 5.11 Å². The summed E-state index contributed by atoms with van der Waals surface area (Å²) in [4.78, 5) is 3.53. The Hall–Kier alpha value is -2.02. The van der Waals surface area contributed by atoms with E-state index < -0.39 is 36.5 Å². The van der Waals surface area contributed by atoms with Gasteiger partial charge in [0.05, 0.1) is 12.2 Å². The number of hydrogen-bond acceptors (Lipinski definition) is 2. The van der Waals surface area contributed by atoms with E-state index in [2.05, 4.69) is 4.98 Å². The van der Waals surface area contributed by atoms with Crippen molar-refractivity contribution in [2.75, 3.05) is 0 Å². The highest BCUT2D eigenvalue weighted by Crippen LogP contribution is 2.30. The number of halogens is 5. The van der Waals surface area contributed by atoms with Crippen molar-refractivity contribution in [3.05, 3.63) is 53.1 Å². The fourth-order valence-corrected chi connectivity index (χ4v) is 1.89. The second-order valence-corrected chi connectivity index (χ2v) is 4.26. The molecule has 0 unspecified atom stereocenters. The molecular formula is C14H10F5NO. The number of rotatable bonds is 4. The van der Waals surface area contributed by atoms with Crippen LogP contribution in [-0.2, 0) is 6.61 Å². The minimum Gasteiger partial charge on any atom is -0.392 e. The zero-order chi connectivity index (χ0) is 15.6. The molecule has 2 rings (SSSR count). The van der Waals surface area contributed by atoms with Crippen LogP contribution in [0.15, 0.2) is 30.5 Å². The fraction of sp³-hybridized carbons (Fsp3) is 0.214. The van der Waals surface area contributed by atoms with Crippen molar-refractivity contribution < 1.29 is 27.1 Å². The predicted octanol–water partition coefficient (Wildman–Crippen LogP) is 4.26. The van der Waals surface area contributed by atoms with Crippen LogP contribution in [0.5, 0.6) is 0 Å². The fourth-order valence-electron chi connectivity index (χ4n) is 1.89. The maximum atomic E-state index is 13.2. The van der Waals surface area contributed by atoms with Crippen LogP contribution in [0.4, 0.5) is 22.0 Å². The van der Waals surface area contributed by atoms with Gasteiger partial charge < -0.3 is 5.11 Å². The minimum absolute atomic E-state index is 0.106. The molecule has 1 N–H and O–H groups in total. The van der Waals surface area contributed by atoms with Crippen molar-refractivity contribution in [1.29, 1.82) is 0 Å². The van der Waals surface area contributed by atoms with E-state index in [9.17, 15) is 22.0 Å². The number of alkyl halides is 4. The van der Waals surface area contributed by atoms with Crippen LogP contribution in [0.1, 0.15) is 29.7 Å². The lowest BCUT2D eigenvalue weighted by molar-refractivity contribution is 0.141. The van der Waals surface area contributed by atoms with Crippen molar-refractivity contribution in [1.82, 2.24) is 4.98 Å². The predicted molar refractivity (Wildman–Crippen MR) is 65.5 cm³/mol. The largest absolute Gasteiger partial charge is 0.392 e. The molecule has 0 spiro atoms. The first kappa shape index (κ1) is 15.4. The Kier molecular flexibility index (Phi) is 4.52. The average molecular weight is 303 g/mol. The molecule has 1 aromatic heterocycles. The van der Waals surface area contributed by atoms with E-state index in [-0.39, 0.29) is 16.7 Å². The summed E-state index contributed by atoms with van der Waals surface area (Å²) in [6.07, 6.45) is -4.77. The number of nitrogens with zero attached hydrogens (tertiary/aromatic N) is 1. The molecule has 0 saturated carbocycles. The molecule has 1 heterocycles. The first-order valence-corrected chi connectivity index (χ1v) is 5.89. The summed E-state index contributed by atoms with van der Waals surface area (Å²) in [7, 11) is 0. The van der Waals surface area contributed by atoms with Gasteiger partial charge in [0.2, 0.25) is 0 Å². The van der Waals surface area contributed by atoms with Gasteiger partial charge in [-0.25, -0.2) is 22.0 Å². The first-order valence-electron chi connectivity index (χ1n) is 5.89. The molecule has 0 amide bonds. The lowest BCUT2D eigenvalue weighted by atomic mass is 10.0. The Morgan fingerprint density at radius 3 is 2.29 bits per heavy atom. The highest BCUT2D eigenvalue weighted by molar-refractivity contribution is 5.64. The maximum absolute atomic E-state index is 13.2. The third kappa shape index (κ3) is 3.18. The van der Waals surface area contributed by atoms with Gasteiger partial charge in [-0.1, -0.05) is 6.07 Å². The van der Waals surface area contributed by atoms with Gasteiger partial charge in [0.15, 0.2) is 0 Å². The zero-order valence-electron chi connectivity index (χ0n) is 10.5. The summed E-state index contributed by atoms with van der Waals surface area (Å²) in [6, 6.07) is 4.26. The molecule has 2 aromatic rings. The summed E-state index contributed by atoms with van der Waals surface area (Å²) in [5, 5.41) is 9.07. The second kappa shape index (κ2) is 6.17. The number of aliphatic hydroxyl groups excluding tert-OH is 1. The highest BCUT2D eigenvalue weighted by Gasteiger charge is 2.17. The molecule has 112 valence electrons. The summed E-state index contributed by atoms with van der Waals surface area (Å²) < 4.78 is 63.8. The summed E-state index contributed by atoms with van der Waals surface area (Å²) >= 11 is 0. The summed E-state index contributed by atoms with van der Waals surface area (Å²) in [5.41, 5.74) is -1.01. The smallest absolute Gasteiger partial charge is 0.280 e. The van der Waals surface area contributed by atoms with Gasteiger partial charge >= 0.3 is 0 Å². The number of hydrogen-bond donors (Lipinski definition) is 1. The quantitative estimate of drug-likeness (QED) is 0.856. The van der Waals surface area contributed by atoms with E-state index in [0.29, 0.717) is 0 Å². The zero-order valence-corrected chi connectivity index (χ0v) is 10.5. The number of pyridine rings is 1.